The standard InChI is InChI=1S/C22H24F2N4O/c1-3-17(14-7-5-4-6-8-14)25-19(29)12-28-22-20(13(2)27-28)16(21(23)24)11-18(26-22)15-9-10-15/h4-8,11,15,17,21H,3,9-10,12H2,1-2H3,(H,25,29). The predicted molar refractivity (Wildman–Crippen MR) is 107 cm³/mol. The number of fused-ring (bicyclic) bond motifs is 1. The number of nitrogens with zero attached hydrogens (tertiary/aromatic N) is 3. The molecule has 1 N–H and O–H groups in total. The molecule has 5 nitrogen and oxygen atoms in total. The number of carbonyl (C=O) groups is 1. The molecule has 0 radical (unpaired) electrons. The molecule has 3 aromatic rings. The van der Waals surface area contributed by atoms with E-state index < -0.39 is 6.43 Å². The number of carbonyl (C=O) groups excluding carboxylic acids is 1. The first-order valence-electron chi connectivity index (χ1n) is 9.98. The van der Waals surface area contributed by atoms with Crippen molar-refractivity contribution in [3.8, 4) is 0 Å². The highest BCUT2D eigenvalue weighted by molar-refractivity contribution is 5.85. The van der Waals surface area contributed by atoms with Gasteiger partial charge in [-0.3, -0.25) is 4.79 Å². The zero-order chi connectivity index (χ0) is 20.5. The number of pyridine rings is 1. The zero-order valence-electron chi connectivity index (χ0n) is 16.5. The summed E-state index contributed by atoms with van der Waals surface area (Å²) < 4.78 is 28.8. The topological polar surface area (TPSA) is 59.8 Å². The maximum atomic E-state index is 13.7. The lowest BCUT2D eigenvalue weighted by molar-refractivity contribution is -0.122. The molecule has 1 fully saturated rings. The Kier molecular flexibility index (Phi) is 5.30. The van der Waals surface area contributed by atoms with E-state index in [1.165, 1.54) is 10.7 Å². The number of aromatic nitrogens is 3. The van der Waals surface area contributed by atoms with Crippen molar-refractivity contribution < 1.29 is 13.6 Å². The third-order valence-corrected chi connectivity index (χ3v) is 5.40. The summed E-state index contributed by atoms with van der Waals surface area (Å²) in [6, 6.07) is 11.1. The van der Waals surface area contributed by atoms with Gasteiger partial charge in [0.15, 0.2) is 5.65 Å². The summed E-state index contributed by atoms with van der Waals surface area (Å²) in [5.41, 5.74) is 2.49. The molecule has 7 heteroatoms. The predicted octanol–water partition coefficient (Wildman–Crippen LogP) is 4.82. The molecule has 1 aromatic carbocycles. The van der Waals surface area contributed by atoms with Gasteiger partial charge in [-0.15, -0.1) is 0 Å². The number of hydrogen-bond acceptors (Lipinski definition) is 3. The van der Waals surface area contributed by atoms with Crippen molar-refractivity contribution in [2.75, 3.05) is 0 Å². The SMILES string of the molecule is CCC(NC(=O)Cn1nc(C)c2c(C(F)F)cc(C3CC3)nc21)c1ccccc1. The Bertz CT molecular complexity index is 1030. The van der Waals surface area contributed by atoms with Crippen molar-refractivity contribution in [3.63, 3.8) is 0 Å². The van der Waals surface area contributed by atoms with Gasteiger partial charge in [0.05, 0.1) is 17.1 Å². The van der Waals surface area contributed by atoms with Gasteiger partial charge in [0.2, 0.25) is 5.91 Å². The fourth-order valence-corrected chi connectivity index (χ4v) is 3.76. The Morgan fingerprint density at radius 3 is 2.62 bits per heavy atom. The van der Waals surface area contributed by atoms with Gasteiger partial charge in [-0.1, -0.05) is 37.3 Å². The highest BCUT2D eigenvalue weighted by Gasteiger charge is 2.29. The summed E-state index contributed by atoms with van der Waals surface area (Å²) in [6.07, 6.45) is 0.0632. The molecule has 0 aliphatic heterocycles. The monoisotopic (exact) mass is 398 g/mol. The number of aryl methyl sites for hydroxylation is 1. The van der Waals surface area contributed by atoms with E-state index in [4.69, 9.17) is 0 Å². The second kappa shape index (κ2) is 7.89. The van der Waals surface area contributed by atoms with Gasteiger partial charge < -0.3 is 5.32 Å². The summed E-state index contributed by atoms with van der Waals surface area (Å²) in [4.78, 5) is 17.3. The average molecular weight is 398 g/mol. The Morgan fingerprint density at radius 2 is 2.00 bits per heavy atom. The smallest absolute Gasteiger partial charge is 0.264 e. The average Bonchev–Trinajstić information content (AvgIpc) is 3.52. The van der Waals surface area contributed by atoms with Crippen molar-refractivity contribution in [1.29, 1.82) is 0 Å². The van der Waals surface area contributed by atoms with Gasteiger partial charge in [-0.2, -0.15) is 5.10 Å². The molecule has 1 aliphatic rings. The molecule has 4 rings (SSSR count). The van der Waals surface area contributed by atoms with Crippen LogP contribution in [-0.2, 0) is 11.3 Å². The van der Waals surface area contributed by atoms with E-state index in [2.05, 4.69) is 15.4 Å². The number of amides is 1. The lowest BCUT2D eigenvalue weighted by Crippen LogP contribution is -2.31. The lowest BCUT2D eigenvalue weighted by atomic mass is 10.0. The molecular formula is C22H24F2N4O. The first-order valence-corrected chi connectivity index (χ1v) is 9.98. The van der Waals surface area contributed by atoms with E-state index >= 15 is 0 Å². The van der Waals surface area contributed by atoms with Crippen molar-refractivity contribution >= 4 is 16.9 Å². The molecule has 29 heavy (non-hydrogen) atoms. The van der Waals surface area contributed by atoms with Gasteiger partial charge >= 0.3 is 0 Å². The molecule has 2 aromatic heterocycles. The minimum absolute atomic E-state index is 0.0446. The molecule has 1 aliphatic carbocycles. The van der Waals surface area contributed by atoms with Crippen molar-refractivity contribution in [2.45, 2.75) is 58.0 Å². The summed E-state index contributed by atoms with van der Waals surface area (Å²) in [6.45, 7) is 3.63. The van der Waals surface area contributed by atoms with Gasteiger partial charge in [-0.25, -0.2) is 18.4 Å². The Balaban J connectivity index is 1.63. The lowest BCUT2D eigenvalue weighted by Gasteiger charge is -2.17. The largest absolute Gasteiger partial charge is 0.348 e. The Labute approximate surface area is 168 Å². The van der Waals surface area contributed by atoms with Crippen LogP contribution in [0.5, 0.6) is 0 Å². The van der Waals surface area contributed by atoms with Crippen LogP contribution in [0.3, 0.4) is 0 Å². The number of hydrogen-bond donors (Lipinski definition) is 1. The quantitative estimate of drug-likeness (QED) is 0.621. The van der Waals surface area contributed by atoms with E-state index in [-0.39, 0.29) is 30.0 Å². The Morgan fingerprint density at radius 1 is 1.28 bits per heavy atom. The van der Waals surface area contributed by atoms with E-state index in [1.807, 2.05) is 37.3 Å². The fraction of sp³-hybridized carbons (Fsp3) is 0.409. The first kappa shape index (κ1) is 19.5. The third-order valence-electron chi connectivity index (χ3n) is 5.40. The molecule has 0 bridgehead atoms. The third kappa shape index (κ3) is 3.99. The van der Waals surface area contributed by atoms with Crippen molar-refractivity contribution in [1.82, 2.24) is 20.1 Å². The molecule has 1 amide bonds. The summed E-state index contributed by atoms with van der Waals surface area (Å²) in [5.74, 6) is 0.0132. The van der Waals surface area contributed by atoms with Crippen LogP contribution < -0.4 is 5.32 Å². The van der Waals surface area contributed by atoms with E-state index in [0.29, 0.717) is 22.4 Å². The first-order chi connectivity index (χ1) is 14.0. The number of nitrogens with one attached hydrogen (secondary N) is 1. The molecule has 1 unspecified atom stereocenters. The molecular weight excluding hydrogens is 374 g/mol. The van der Waals surface area contributed by atoms with Crippen LogP contribution in [0.4, 0.5) is 8.78 Å². The second-order valence-electron chi connectivity index (χ2n) is 7.59. The van der Waals surface area contributed by atoms with Crippen LogP contribution in [0.1, 0.15) is 67.1 Å². The van der Waals surface area contributed by atoms with Gasteiger partial charge in [0.25, 0.3) is 6.43 Å². The molecule has 152 valence electrons. The van der Waals surface area contributed by atoms with Crippen LogP contribution in [0.25, 0.3) is 11.0 Å². The van der Waals surface area contributed by atoms with Gasteiger partial charge in [0.1, 0.15) is 6.54 Å². The number of alkyl halides is 2. The number of halogens is 2. The molecule has 2 heterocycles. The Hall–Kier alpha value is -2.83. The van der Waals surface area contributed by atoms with Crippen LogP contribution in [-0.4, -0.2) is 20.7 Å². The highest BCUT2D eigenvalue weighted by Crippen LogP contribution is 2.41. The van der Waals surface area contributed by atoms with E-state index in [9.17, 15) is 13.6 Å². The molecule has 1 saturated carbocycles. The maximum Gasteiger partial charge on any atom is 0.264 e. The molecule has 0 saturated heterocycles. The number of benzene rings is 1. The maximum absolute atomic E-state index is 13.7. The summed E-state index contributed by atoms with van der Waals surface area (Å²) in [7, 11) is 0. The molecule has 0 spiro atoms. The van der Waals surface area contributed by atoms with Crippen LogP contribution in [0.15, 0.2) is 36.4 Å². The molecule has 1 atom stereocenters. The zero-order valence-corrected chi connectivity index (χ0v) is 16.5. The van der Waals surface area contributed by atoms with Crippen molar-refractivity contribution in [3.05, 3.63) is 58.9 Å². The number of rotatable bonds is 7. The highest BCUT2D eigenvalue weighted by atomic mass is 19.3. The summed E-state index contributed by atoms with van der Waals surface area (Å²) >= 11 is 0. The van der Waals surface area contributed by atoms with Crippen LogP contribution in [0.2, 0.25) is 0 Å². The van der Waals surface area contributed by atoms with Crippen LogP contribution in [0, 0.1) is 6.92 Å². The minimum atomic E-state index is -2.61. The van der Waals surface area contributed by atoms with E-state index in [1.54, 1.807) is 6.92 Å². The van der Waals surface area contributed by atoms with E-state index in [0.717, 1.165) is 24.8 Å². The van der Waals surface area contributed by atoms with Gasteiger partial charge in [0, 0.05) is 17.2 Å². The fourth-order valence-electron chi connectivity index (χ4n) is 3.76. The minimum Gasteiger partial charge on any atom is -0.348 e. The van der Waals surface area contributed by atoms with Crippen LogP contribution >= 0.6 is 0 Å². The van der Waals surface area contributed by atoms with Gasteiger partial charge in [-0.05, 0) is 37.8 Å². The van der Waals surface area contributed by atoms with Crippen molar-refractivity contribution in [2.24, 2.45) is 0 Å². The second-order valence-corrected chi connectivity index (χ2v) is 7.59. The summed E-state index contributed by atoms with van der Waals surface area (Å²) in [5, 5.41) is 7.73. The normalized spacial score (nSPS) is 15.1.